The minimum absolute atomic E-state index is 0.362. The number of nitrogens with one attached hydrogen (secondary N) is 1. The molecule has 1 aromatic rings. The Hall–Kier alpha value is -1.24. The van der Waals surface area contributed by atoms with Gasteiger partial charge in [-0.1, -0.05) is 0 Å². The van der Waals surface area contributed by atoms with Gasteiger partial charge in [0, 0.05) is 30.6 Å². The van der Waals surface area contributed by atoms with Crippen LogP contribution in [-0.4, -0.2) is 52.7 Å². The van der Waals surface area contributed by atoms with Crippen molar-refractivity contribution in [3.05, 3.63) is 0 Å². The zero-order valence-corrected chi connectivity index (χ0v) is 11.8. The third kappa shape index (κ3) is 2.95. The van der Waals surface area contributed by atoms with Crippen molar-refractivity contribution in [2.24, 2.45) is 0 Å². The molecule has 0 bridgehead atoms. The van der Waals surface area contributed by atoms with Gasteiger partial charge < -0.3 is 15.0 Å². The van der Waals surface area contributed by atoms with E-state index in [2.05, 4.69) is 32.1 Å². The molecule has 0 aromatic carbocycles. The van der Waals surface area contributed by atoms with Crippen LogP contribution in [0.2, 0.25) is 0 Å². The normalized spacial score (nSPS) is 19.7. The Morgan fingerprint density at radius 1 is 1.44 bits per heavy atom. The second kappa shape index (κ2) is 6.08. The fraction of sp³-hybridized carbons (Fsp3) is 0.727. The summed E-state index contributed by atoms with van der Waals surface area (Å²) in [6.45, 7) is 5.94. The predicted octanol–water partition coefficient (Wildman–Crippen LogP) is 1.25. The SMILES string of the molecule is CCNc1nc(OC)nc(N2CCSCC2C)n1. The number of anilines is 2. The van der Waals surface area contributed by atoms with Crippen LogP contribution in [0.3, 0.4) is 0 Å². The van der Waals surface area contributed by atoms with Gasteiger partial charge >= 0.3 is 6.01 Å². The minimum atomic E-state index is 0.362. The van der Waals surface area contributed by atoms with Crippen molar-refractivity contribution in [3.8, 4) is 6.01 Å². The van der Waals surface area contributed by atoms with Crippen molar-refractivity contribution in [1.82, 2.24) is 15.0 Å². The maximum atomic E-state index is 5.13. The maximum Gasteiger partial charge on any atom is 0.322 e. The first-order chi connectivity index (χ1) is 8.74. The molecule has 0 saturated carbocycles. The average molecular weight is 269 g/mol. The first-order valence-electron chi connectivity index (χ1n) is 6.13. The topological polar surface area (TPSA) is 63.2 Å². The summed E-state index contributed by atoms with van der Waals surface area (Å²) in [6.07, 6.45) is 0. The van der Waals surface area contributed by atoms with Gasteiger partial charge in [0.1, 0.15) is 0 Å². The lowest BCUT2D eigenvalue weighted by molar-refractivity contribution is 0.378. The molecule has 0 radical (unpaired) electrons. The van der Waals surface area contributed by atoms with Gasteiger partial charge in [-0.05, 0) is 13.8 Å². The molecule has 1 unspecified atom stereocenters. The second-order valence-corrected chi connectivity index (χ2v) is 5.24. The van der Waals surface area contributed by atoms with Gasteiger partial charge in [0.25, 0.3) is 0 Å². The van der Waals surface area contributed by atoms with Gasteiger partial charge in [0.05, 0.1) is 7.11 Å². The van der Waals surface area contributed by atoms with Crippen LogP contribution in [0, 0.1) is 0 Å². The number of hydrogen-bond donors (Lipinski definition) is 1. The molecule has 2 rings (SSSR count). The highest BCUT2D eigenvalue weighted by atomic mass is 32.2. The van der Waals surface area contributed by atoms with Crippen LogP contribution in [0.1, 0.15) is 13.8 Å². The van der Waals surface area contributed by atoms with E-state index >= 15 is 0 Å². The molecule has 1 aliphatic heterocycles. The lowest BCUT2D eigenvalue weighted by Gasteiger charge is -2.33. The molecule has 6 nitrogen and oxygen atoms in total. The van der Waals surface area contributed by atoms with Crippen LogP contribution in [0.25, 0.3) is 0 Å². The van der Waals surface area contributed by atoms with E-state index in [1.54, 1.807) is 7.11 Å². The van der Waals surface area contributed by atoms with Crippen LogP contribution >= 0.6 is 11.8 Å². The summed E-state index contributed by atoms with van der Waals surface area (Å²) in [5, 5.41) is 3.10. The quantitative estimate of drug-likeness (QED) is 0.882. The van der Waals surface area contributed by atoms with Gasteiger partial charge in [0.15, 0.2) is 0 Å². The molecule has 1 aliphatic rings. The summed E-state index contributed by atoms with van der Waals surface area (Å²) in [6, 6.07) is 0.798. The number of hydrogen-bond acceptors (Lipinski definition) is 7. The fourth-order valence-electron chi connectivity index (χ4n) is 1.83. The van der Waals surface area contributed by atoms with Crippen LogP contribution < -0.4 is 15.0 Å². The molecule has 1 aromatic heterocycles. The Bertz CT molecular complexity index is 403. The molecule has 0 aliphatic carbocycles. The van der Waals surface area contributed by atoms with E-state index in [-0.39, 0.29) is 0 Å². The lowest BCUT2D eigenvalue weighted by atomic mass is 10.3. The molecular weight excluding hydrogens is 250 g/mol. The molecule has 1 atom stereocenters. The Morgan fingerprint density at radius 2 is 2.28 bits per heavy atom. The molecule has 1 saturated heterocycles. The molecule has 0 amide bonds. The van der Waals surface area contributed by atoms with Gasteiger partial charge in [-0.25, -0.2) is 0 Å². The summed E-state index contributed by atoms with van der Waals surface area (Å²) in [5.41, 5.74) is 0. The Balaban J connectivity index is 2.27. The van der Waals surface area contributed by atoms with Crippen molar-refractivity contribution < 1.29 is 4.74 Å². The van der Waals surface area contributed by atoms with Crippen LogP contribution in [0.4, 0.5) is 11.9 Å². The summed E-state index contributed by atoms with van der Waals surface area (Å²) in [7, 11) is 1.57. The minimum Gasteiger partial charge on any atom is -0.467 e. The maximum absolute atomic E-state index is 5.13. The van der Waals surface area contributed by atoms with E-state index in [4.69, 9.17) is 4.74 Å². The standard InChI is InChI=1S/C11H19N5OS/c1-4-12-9-13-10(15-11(14-9)17-3)16-5-6-18-7-8(16)2/h8H,4-7H2,1-3H3,(H,12,13,14,15). The van der Waals surface area contributed by atoms with Gasteiger partial charge in [0.2, 0.25) is 11.9 Å². The van der Waals surface area contributed by atoms with E-state index in [9.17, 15) is 0 Å². The first-order valence-corrected chi connectivity index (χ1v) is 7.28. The second-order valence-electron chi connectivity index (χ2n) is 4.09. The molecule has 2 heterocycles. The van der Waals surface area contributed by atoms with Crippen molar-refractivity contribution in [2.75, 3.05) is 41.9 Å². The molecule has 18 heavy (non-hydrogen) atoms. The number of thioether (sulfide) groups is 1. The Labute approximate surface area is 112 Å². The number of aromatic nitrogens is 3. The number of rotatable bonds is 4. The lowest BCUT2D eigenvalue weighted by Crippen LogP contribution is -2.41. The largest absolute Gasteiger partial charge is 0.467 e. The van der Waals surface area contributed by atoms with Crippen molar-refractivity contribution in [2.45, 2.75) is 19.9 Å². The monoisotopic (exact) mass is 269 g/mol. The summed E-state index contributed by atoms with van der Waals surface area (Å²) < 4.78 is 5.13. The summed E-state index contributed by atoms with van der Waals surface area (Å²) in [4.78, 5) is 15.2. The van der Waals surface area contributed by atoms with E-state index in [1.165, 1.54) is 0 Å². The van der Waals surface area contributed by atoms with E-state index in [1.807, 2.05) is 18.7 Å². The summed E-state index contributed by atoms with van der Waals surface area (Å²) in [5.74, 6) is 3.48. The van der Waals surface area contributed by atoms with E-state index in [0.717, 1.165) is 24.6 Å². The number of methoxy groups -OCH3 is 1. The molecule has 0 spiro atoms. The highest BCUT2D eigenvalue weighted by molar-refractivity contribution is 7.99. The number of nitrogens with zero attached hydrogens (tertiary/aromatic N) is 4. The van der Waals surface area contributed by atoms with Crippen molar-refractivity contribution in [3.63, 3.8) is 0 Å². The predicted molar refractivity (Wildman–Crippen MR) is 74.7 cm³/mol. The van der Waals surface area contributed by atoms with E-state index in [0.29, 0.717) is 23.9 Å². The zero-order chi connectivity index (χ0) is 13.0. The Kier molecular flexibility index (Phi) is 4.46. The fourth-order valence-corrected chi connectivity index (χ4v) is 2.84. The van der Waals surface area contributed by atoms with Gasteiger partial charge in [-0.15, -0.1) is 0 Å². The van der Waals surface area contributed by atoms with E-state index < -0.39 is 0 Å². The van der Waals surface area contributed by atoms with Crippen molar-refractivity contribution >= 4 is 23.7 Å². The molecule has 7 heteroatoms. The molecule has 1 fully saturated rings. The molecular formula is C11H19N5OS. The molecule has 1 N–H and O–H groups in total. The Morgan fingerprint density at radius 3 is 2.94 bits per heavy atom. The summed E-state index contributed by atoms with van der Waals surface area (Å²) >= 11 is 1.97. The highest BCUT2D eigenvalue weighted by Crippen LogP contribution is 2.22. The smallest absolute Gasteiger partial charge is 0.322 e. The number of ether oxygens (including phenoxy) is 1. The molecule has 100 valence electrons. The van der Waals surface area contributed by atoms with Crippen LogP contribution in [0.5, 0.6) is 6.01 Å². The van der Waals surface area contributed by atoms with Crippen molar-refractivity contribution in [1.29, 1.82) is 0 Å². The van der Waals surface area contributed by atoms with Gasteiger partial charge in [-0.3, -0.25) is 0 Å². The van der Waals surface area contributed by atoms with Crippen LogP contribution in [-0.2, 0) is 0 Å². The third-order valence-electron chi connectivity index (χ3n) is 2.75. The first kappa shape index (κ1) is 13.2. The third-order valence-corrected chi connectivity index (χ3v) is 3.93. The zero-order valence-electron chi connectivity index (χ0n) is 11.0. The highest BCUT2D eigenvalue weighted by Gasteiger charge is 2.22. The van der Waals surface area contributed by atoms with Gasteiger partial charge in [-0.2, -0.15) is 26.7 Å². The van der Waals surface area contributed by atoms with Crippen LogP contribution in [0.15, 0.2) is 0 Å². The average Bonchev–Trinajstić information content (AvgIpc) is 2.39.